The summed E-state index contributed by atoms with van der Waals surface area (Å²) in [6, 6.07) is 0.371. The Balaban J connectivity index is 2.16. The fraction of sp³-hybridized carbons (Fsp3) is 0.769. The van der Waals surface area contributed by atoms with Crippen molar-refractivity contribution in [1.29, 1.82) is 0 Å². The number of halogens is 1. The second-order valence-corrected chi connectivity index (χ2v) is 5.87. The monoisotopic (exact) mass is 299 g/mol. The van der Waals surface area contributed by atoms with Crippen LogP contribution in [-0.4, -0.2) is 15.8 Å². The van der Waals surface area contributed by atoms with Gasteiger partial charge >= 0.3 is 0 Å². The average molecular weight is 300 g/mol. The summed E-state index contributed by atoms with van der Waals surface area (Å²) in [4.78, 5) is 0. The van der Waals surface area contributed by atoms with Crippen LogP contribution in [-0.2, 0) is 13.0 Å². The van der Waals surface area contributed by atoms with E-state index in [1.165, 1.54) is 35.8 Å². The van der Waals surface area contributed by atoms with Gasteiger partial charge in [-0.2, -0.15) is 5.10 Å². The van der Waals surface area contributed by atoms with E-state index in [1.54, 1.807) is 0 Å². The first-order valence-corrected chi connectivity index (χ1v) is 7.40. The number of aromatic nitrogens is 2. The second-order valence-electron chi connectivity index (χ2n) is 5.07. The van der Waals surface area contributed by atoms with Gasteiger partial charge in [-0.3, -0.25) is 4.68 Å². The highest BCUT2D eigenvalue weighted by atomic mass is 79.9. The smallest absolute Gasteiger partial charge is 0.0738 e. The molecule has 0 aliphatic heterocycles. The minimum atomic E-state index is 0.371. The van der Waals surface area contributed by atoms with E-state index in [1.807, 2.05) is 0 Å². The first-order valence-electron chi connectivity index (χ1n) is 6.60. The van der Waals surface area contributed by atoms with Crippen LogP contribution in [0.5, 0.6) is 0 Å². The summed E-state index contributed by atoms with van der Waals surface area (Å²) in [5, 5.41) is 4.55. The van der Waals surface area contributed by atoms with Crippen LogP contribution in [0.3, 0.4) is 0 Å². The van der Waals surface area contributed by atoms with Crippen molar-refractivity contribution in [2.24, 2.45) is 11.7 Å². The van der Waals surface area contributed by atoms with E-state index in [-0.39, 0.29) is 0 Å². The second kappa shape index (κ2) is 5.53. The molecule has 96 valence electrons. The average Bonchev–Trinajstić information content (AvgIpc) is 2.59. The van der Waals surface area contributed by atoms with Crippen LogP contribution in [0.25, 0.3) is 0 Å². The Morgan fingerprint density at radius 1 is 1.41 bits per heavy atom. The van der Waals surface area contributed by atoms with Crippen LogP contribution < -0.4 is 5.73 Å². The molecule has 17 heavy (non-hydrogen) atoms. The molecule has 1 aromatic heterocycles. The fourth-order valence-corrected chi connectivity index (χ4v) is 3.25. The topological polar surface area (TPSA) is 43.8 Å². The molecule has 1 saturated carbocycles. The molecule has 2 N–H and O–H groups in total. The number of aryl methyl sites for hydroxylation is 2. The molecule has 0 amide bonds. The van der Waals surface area contributed by atoms with E-state index >= 15 is 0 Å². The van der Waals surface area contributed by atoms with Crippen molar-refractivity contribution in [3.8, 4) is 0 Å². The van der Waals surface area contributed by atoms with Gasteiger partial charge in [-0.15, -0.1) is 0 Å². The van der Waals surface area contributed by atoms with Crippen molar-refractivity contribution in [3.05, 3.63) is 15.9 Å². The van der Waals surface area contributed by atoms with E-state index in [0.29, 0.717) is 12.0 Å². The Morgan fingerprint density at radius 3 is 2.76 bits per heavy atom. The molecule has 0 radical (unpaired) electrons. The van der Waals surface area contributed by atoms with E-state index < -0.39 is 0 Å². The zero-order chi connectivity index (χ0) is 12.4. The summed E-state index contributed by atoms with van der Waals surface area (Å²) in [5.41, 5.74) is 8.65. The normalized spacial score (nSPS) is 25.2. The molecule has 1 aliphatic carbocycles. The minimum absolute atomic E-state index is 0.371. The summed E-state index contributed by atoms with van der Waals surface area (Å²) in [7, 11) is 0. The van der Waals surface area contributed by atoms with Crippen molar-refractivity contribution < 1.29 is 0 Å². The van der Waals surface area contributed by atoms with E-state index in [9.17, 15) is 0 Å². The van der Waals surface area contributed by atoms with Gasteiger partial charge in [0.25, 0.3) is 0 Å². The largest absolute Gasteiger partial charge is 0.327 e. The molecule has 2 unspecified atom stereocenters. The van der Waals surface area contributed by atoms with Crippen LogP contribution in [0.1, 0.15) is 44.0 Å². The summed E-state index contributed by atoms with van der Waals surface area (Å²) in [6.45, 7) is 5.13. The van der Waals surface area contributed by atoms with Crippen molar-refractivity contribution in [2.75, 3.05) is 0 Å². The van der Waals surface area contributed by atoms with Gasteiger partial charge in [0.2, 0.25) is 0 Å². The summed E-state index contributed by atoms with van der Waals surface area (Å²) in [5.74, 6) is 0.626. The Hall–Kier alpha value is -0.350. The van der Waals surface area contributed by atoms with Gasteiger partial charge in [0, 0.05) is 12.6 Å². The number of hydrogen-bond donors (Lipinski definition) is 1. The molecule has 0 aromatic carbocycles. The maximum Gasteiger partial charge on any atom is 0.0738 e. The van der Waals surface area contributed by atoms with E-state index in [2.05, 4.69) is 39.6 Å². The minimum Gasteiger partial charge on any atom is -0.327 e. The lowest BCUT2D eigenvalue weighted by Gasteiger charge is -2.28. The molecule has 1 aliphatic rings. The Kier molecular flexibility index (Phi) is 4.26. The number of nitrogens with two attached hydrogens (primary N) is 1. The highest BCUT2D eigenvalue weighted by molar-refractivity contribution is 9.10. The first kappa shape index (κ1) is 13.1. The van der Waals surface area contributed by atoms with Gasteiger partial charge in [-0.05, 0) is 55.0 Å². The maximum atomic E-state index is 6.23. The van der Waals surface area contributed by atoms with Crippen LogP contribution in [0.2, 0.25) is 0 Å². The predicted octanol–water partition coefficient (Wildman–Crippen LogP) is 3.03. The van der Waals surface area contributed by atoms with Gasteiger partial charge in [0.15, 0.2) is 0 Å². The lowest BCUT2D eigenvalue weighted by molar-refractivity contribution is 0.300. The quantitative estimate of drug-likeness (QED) is 0.932. The summed E-state index contributed by atoms with van der Waals surface area (Å²) < 4.78 is 3.29. The first-order chi connectivity index (χ1) is 8.13. The maximum absolute atomic E-state index is 6.23. The third-order valence-corrected chi connectivity index (χ3v) is 4.91. The van der Waals surface area contributed by atoms with E-state index in [0.717, 1.165) is 18.7 Å². The fourth-order valence-electron chi connectivity index (χ4n) is 2.80. The molecule has 4 heteroatoms. The zero-order valence-corrected chi connectivity index (χ0v) is 12.3. The molecule has 0 saturated heterocycles. The molecule has 2 atom stereocenters. The van der Waals surface area contributed by atoms with Crippen molar-refractivity contribution in [2.45, 2.75) is 58.5 Å². The summed E-state index contributed by atoms with van der Waals surface area (Å²) >= 11 is 3.66. The number of hydrogen-bond acceptors (Lipinski definition) is 2. The highest BCUT2D eigenvalue weighted by Crippen LogP contribution is 2.30. The zero-order valence-electron chi connectivity index (χ0n) is 10.7. The third-order valence-electron chi connectivity index (χ3n) is 3.88. The molecule has 1 fully saturated rings. The van der Waals surface area contributed by atoms with Crippen molar-refractivity contribution in [1.82, 2.24) is 9.78 Å². The van der Waals surface area contributed by atoms with Crippen LogP contribution in [0.4, 0.5) is 0 Å². The van der Waals surface area contributed by atoms with E-state index in [4.69, 9.17) is 5.73 Å². The standard InChI is InChI=1S/C13H22BrN3/c1-3-17-12(13(14)9(2)16-17)8-10-6-4-5-7-11(10)15/h10-11H,3-8,15H2,1-2H3. The molecule has 0 spiro atoms. The third kappa shape index (κ3) is 2.74. The van der Waals surface area contributed by atoms with Crippen molar-refractivity contribution in [3.63, 3.8) is 0 Å². The molecular formula is C13H22BrN3. The van der Waals surface area contributed by atoms with Gasteiger partial charge in [-0.25, -0.2) is 0 Å². The molecule has 3 nitrogen and oxygen atoms in total. The Labute approximate surface area is 112 Å². The number of nitrogens with zero attached hydrogens (tertiary/aromatic N) is 2. The highest BCUT2D eigenvalue weighted by Gasteiger charge is 2.25. The SMILES string of the molecule is CCn1nc(C)c(Br)c1CC1CCCCC1N. The van der Waals surface area contributed by atoms with Crippen LogP contribution in [0, 0.1) is 12.8 Å². The summed E-state index contributed by atoms with van der Waals surface area (Å²) in [6.07, 6.45) is 6.14. The molecule has 1 heterocycles. The molecule has 2 rings (SSSR count). The van der Waals surface area contributed by atoms with Gasteiger partial charge in [-0.1, -0.05) is 12.8 Å². The Bertz CT molecular complexity index is 386. The predicted molar refractivity (Wildman–Crippen MR) is 74.0 cm³/mol. The molecule has 0 bridgehead atoms. The lowest BCUT2D eigenvalue weighted by atomic mass is 9.82. The van der Waals surface area contributed by atoms with Crippen LogP contribution in [0.15, 0.2) is 4.47 Å². The van der Waals surface area contributed by atoms with Crippen molar-refractivity contribution >= 4 is 15.9 Å². The van der Waals surface area contributed by atoms with Gasteiger partial charge in [0.1, 0.15) is 0 Å². The van der Waals surface area contributed by atoms with Crippen LogP contribution >= 0.6 is 15.9 Å². The molecule has 1 aromatic rings. The van der Waals surface area contributed by atoms with Gasteiger partial charge in [0.05, 0.1) is 15.9 Å². The number of rotatable bonds is 3. The van der Waals surface area contributed by atoms with Gasteiger partial charge < -0.3 is 5.73 Å². The molecular weight excluding hydrogens is 278 g/mol. The Morgan fingerprint density at radius 2 is 2.12 bits per heavy atom. The lowest BCUT2D eigenvalue weighted by Crippen LogP contribution is -2.34.